The van der Waals surface area contributed by atoms with Crippen LogP contribution in [0.5, 0.6) is 0 Å². The Morgan fingerprint density at radius 3 is 2.48 bits per heavy atom. The number of nitrogens with zero attached hydrogens (tertiary/aromatic N) is 1. The van der Waals surface area contributed by atoms with Gasteiger partial charge in [-0.15, -0.1) is 12.4 Å². The average Bonchev–Trinajstić information content (AvgIpc) is 2.48. The van der Waals surface area contributed by atoms with Crippen LogP contribution < -0.4 is 10.0 Å². The number of nitrogens with one attached hydrogen (secondary N) is 2. The SMILES string of the molecule is Cl.O=S(=O)(NCC(N1CCNCC1)C(F)(F)F)C1CCCOC1. The van der Waals surface area contributed by atoms with Crippen molar-refractivity contribution < 1.29 is 26.3 Å². The van der Waals surface area contributed by atoms with Gasteiger partial charge in [0.1, 0.15) is 6.04 Å². The minimum absolute atomic E-state index is 0. The predicted octanol–water partition coefficient (Wildman–Crippen LogP) is 0.343. The summed E-state index contributed by atoms with van der Waals surface area (Å²) in [7, 11) is -3.79. The number of piperazine rings is 1. The maximum absolute atomic E-state index is 13.2. The summed E-state index contributed by atoms with van der Waals surface area (Å²) >= 11 is 0. The third kappa shape index (κ3) is 6.02. The number of halogens is 4. The molecule has 2 fully saturated rings. The fourth-order valence-electron chi connectivity index (χ4n) is 2.71. The maximum atomic E-state index is 13.2. The van der Waals surface area contributed by atoms with Gasteiger partial charge in [0.2, 0.25) is 10.0 Å². The fraction of sp³-hybridized carbons (Fsp3) is 1.00. The monoisotopic (exact) mass is 381 g/mol. The lowest BCUT2D eigenvalue weighted by atomic mass is 10.2. The molecular weight excluding hydrogens is 359 g/mol. The van der Waals surface area contributed by atoms with Gasteiger partial charge >= 0.3 is 6.18 Å². The maximum Gasteiger partial charge on any atom is 0.405 e. The van der Waals surface area contributed by atoms with Gasteiger partial charge in [-0.1, -0.05) is 0 Å². The Morgan fingerprint density at radius 1 is 1.30 bits per heavy atom. The lowest BCUT2D eigenvalue weighted by molar-refractivity contribution is -0.182. The van der Waals surface area contributed by atoms with Crippen molar-refractivity contribution in [1.29, 1.82) is 0 Å². The zero-order chi connectivity index (χ0) is 16.2. The van der Waals surface area contributed by atoms with Crippen LogP contribution in [0.3, 0.4) is 0 Å². The zero-order valence-corrected chi connectivity index (χ0v) is 14.3. The van der Waals surface area contributed by atoms with Crippen molar-refractivity contribution in [3.05, 3.63) is 0 Å². The predicted molar refractivity (Wildman–Crippen MR) is 82.3 cm³/mol. The van der Waals surface area contributed by atoms with Crippen molar-refractivity contribution in [2.45, 2.75) is 30.3 Å². The van der Waals surface area contributed by atoms with E-state index in [2.05, 4.69) is 10.0 Å². The minimum atomic E-state index is -4.47. The molecule has 0 saturated carbocycles. The highest BCUT2D eigenvalue weighted by molar-refractivity contribution is 7.90. The molecule has 2 aliphatic rings. The Morgan fingerprint density at radius 2 is 1.96 bits per heavy atom. The van der Waals surface area contributed by atoms with E-state index in [4.69, 9.17) is 4.74 Å². The molecule has 2 heterocycles. The van der Waals surface area contributed by atoms with Gasteiger partial charge in [0, 0.05) is 39.3 Å². The standard InChI is InChI=1S/C12H22F3N3O3S.ClH/c13-12(14,15)11(18-5-3-16-4-6-18)8-17-22(19,20)10-2-1-7-21-9-10;/h10-11,16-17H,1-9H2;1H. The van der Waals surface area contributed by atoms with Gasteiger partial charge < -0.3 is 10.1 Å². The number of ether oxygens (including phenoxy) is 1. The molecule has 2 atom stereocenters. The first-order chi connectivity index (χ1) is 10.3. The van der Waals surface area contributed by atoms with Gasteiger partial charge in [-0.3, -0.25) is 4.90 Å². The molecule has 2 N–H and O–H groups in total. The minimum Gasteiger partial charge on any atom is -0.380 e. The molecule has 0 aromatic carbocycles. The number of hydrogen-bond donors (Lipinski definition) is 2. The van der Waals surface area contributed by atoms with E-state index in [9.17, 15) is 21.6 Å². The first-order valence-corrected chi connectivity index (χ1v) is 8.93. The van der Waals surface area contributed by atoms with E-state index in [0.717, 1.165) is 0 Å². The molecule has 0 aromatic rings. The summed E-state index contributed by atoms with van der Waals surface area (Å²) in [4.78, 5) is 1.27. The largest absolute Gasteiger partial charge is 0.405 e. The quantitative estimate of drug-likeness (QED) is 0.719. The first-order valence-electron chi connectivity index (χ1n) is 7.38. The highest BCUT2D eigenvalue weighted by Gasteiger charge is 2.44. The Bertz CT molecular complexity index is 452. The van der Waals surface area contributed by atoms with Crippen LogP contribution in [-0.2, 0) is 14.8 Å². The Kier molecular flexibility index (Phi) is 8.02. The Balaban J connectivity index is 0.00000264. The highest BCUT2D eigenvalue weighted by Crippen LogP contribution is 2.25. The van der Waals surface area contributed by atoms with Crippen LogP contribution >= 0.6 is 12.4 Å². The summed E-state index contributed by atoms with van der Waals surface area (Å²) in [6.45, 7) is 1.32. The molecule has 2 unspecified atom stereocenters. The van der Waals surface area contributed by atoms with Crippen molar-refractivity contribution >= 4 is 22.4 Å². The van der Waals surface area contributed by atoms with E-state index in [1.54, 1.807) is 0 Å². The molecule has 0 amide bonds. The lowest BCUT2D eigenvalue weighted by Gasteiger charge is -2.36. The van der Waals surface area contributed by atoms with Gasteiger partial charge in [0.05, 0.1) is 11.9 Å². The highest BCUT2D eigenvalue weighted by atomic mass is 35.5. The molecule has 2 saturated heterocycles. The van der Waals surface area contributed by atoms with Gasteiger partial charge in [-0.25, -0.2) is 13.1 Å². The molecule has 11 heteroatoms. The van der Waals surface area contributed by atoms with E-state index in [0.29, 0.717) is 32.5 Å². The van der Waals surface area contributed by atoms with Gasteiger partial charge in [-0.05, 0) is 12.8 Å². The fourth-order valence-corrected chi connectivity index (χ4v) is 4.09. The summed E-state index contributed by atoms with van der Waals surface area (Å²) < 4.78 is 71.1. The van der Waals surface area contributed by atoms with Crippen LogP contribution in [0.2, 0.25) is 0 Å². The molecule has 0 radical (unpaired) electrons. The normalized spacial score (nSPS) is 25.6. The van der Waals surface area contributed by atoms with Crippen molar-refractivity contribution in [2.75, 3.05) is 45.9 Å². The lowest BCUT2D eigenvalue weighted by Crippen LogP contribution is -2.58. The molecule has 23 heavy (non-hydrogen) atoms. The van der Waals surface area contributed by atoms with Crippen molar-refractivity contribution in [1.82, 2.24) is 14.9 Å². The Labute approximate surface area is 140 Å². The molecule has 2 rings (SSSR count). The number of alkyl halides is 3. The molecule has 0 bridgehead atoms. The van der Waals surface area contributed by atoms with Crippen molar-refractivity contribution in [2.24, 2.45) is 0 Å². The summed E-state index contributed by atoms with van der Waals surface area (Å²) in [6, 6.07) is -1.80. The summed E-state index contributed by atoms with van der Waals surface area (Å²) in [5, 5.41) is 2.22. The molecular formula is C12H23ClF3N3O3S. The molecule has 0 spiro atoms. The van der Waals surface area contributed by atoms with Crippen molar-refractivity contribution in [3.8, 4) is 0 Å². The third-order valence-electron chi connectivity index (χ3n) is 4.01. The number of hydrogen-bond acceptors (Lipinski definition) is 5. The second-order valence-corrected chi connectivity index (χ2v) is 7.62. The summed E-state index contributed by atoms with van der Waals surface area (Å²) in [5.41, 5.74) is 0. The van der Waals surface area contributed by atoms with Crippen LogP contribution in [0.25, 0.3) is 0 Å². The van der Waals surface area contributed by atoms with Crippen LogP contribution in [0.1, 0.15) is 12.8 Å². The molecule has 0 aromatic heterocycles. The summed E-state index contributed by atoms with van der Waals surface area (Å²) in [6.07, 6.45) is -3.45. The zero-order valence-electron chi connectivity index (χ0n) is 12.6. The molecule has 0 aliphatic carbocycles. The van der Waals surface area contributed by atoms with E-state index in [-0.39, 0.29) is 32.1 Å². The van der Waals surface area contributed by atoms with Crippen LogP contribution in [0.15, 0.2) is 0 Å². The van der Waals surface area contributed by atoms with E-state index < -0.39 is 34.0 Å². The topological polar surface area (TPSA) is 70.7 Å². The third-order valence-corrected chi connectivity index (χ3v) is 5.82. The van der Waals surface area contributed by atoms with Crippen LogP contribution in [0.4, 0.5) is 13.2 Å². The smallest absolute Gasteiger partial charge is 0.380 e. The van der Waals surface area contributed by atoms with Gasteiger partial charge in [-0.2, -0.15) is 13.2 Å². The van der Waals surface area contributed by atoms with Gasteiger partial charge in [0.15, 0.2) is 0 Å². The average molecular weight is 382 g/mol. The molecule has 6 nitrogen and oxygen atoms in total. The molecule has 138 valence electrons. The number of rotatable bonds is 5. The second-order valence-electron chi connectivity index (χ2n) is 5.58. The van der Waals surface area contributed by atoms with Gasteiger partial charge in [0.25, 0.3) is 0 Å². The molecule has 2 aliphatic heterocycles. The van der Waals surface area contributed by atoms with Crippen LogP contribution in [-0.4, -0.2) is 76.7 Å². The van der Waals surface area contributed by atoms with E-state index >= 15 is 0 Å². The van der Waals surface area contributed by atoms with E-state index in [1.807, 2.05) is 0 Å². The Hall–Kier alpha value is -0.130. The van der Waals surface area contributed by atoms with Crippen LogP contribution in [0, 0.1) is 0 Å². The van der Waals surface area contributed by atoms with E-state index in [1.165, 1.54) is 4.90 Å². The number of sulfonamides is 1. The van der Waals surface area contributed by atoms with Crippen molar-refractivity contribution in [3.63, 3.8) is 0 Å². The summed E-state index contributed by atoms with van der Waals surface area (Å²) in [5.74, 6) is 0. The first kappa shape index (κ1) is 20.9. The second kappa shape index (κ2) is 8.82.